The molecule has 30 heavy (non-hydrogen) atoms. The molecule has 4 aromatic rings. The molecule has 0 spiro atoms. The van der Waals surface area contributed by atoms with Crippen molar-refractivity contribution in [2.75, 3.05) is 0 Å². The van der Waals surface area contributed by atoms with E-state index in [1.807, 2.05) is 6.92 Å². The smallest absolute Gasteiger partial charge is 0.315 e. The largest absolute Gasteiger partial charge is 0.416 e. The molecule has 2 heterocycles. The van der Waals surface area contributed by atoms with Crippen LogP contribution in [-0.2, 0) is 19.1 Å². The highest BCUT2D eigenvalue weighted by Gasteiger charge is 2.30. The lowest BCUT2D eigenvalue weighted by Gasteiger charge is -2.14. The Morgan fingerprint density at radius 1 is 1.10 bits per heavy atom. The molecule has 0 saturated heterocycles. The van der Waals surface area contributed by atoms with Gasteiger partial charge in [0.25, 0.3) is 5.56 Å². The molecule has 0 amide bonds. The van der Waals surface area contributed by atoms with Gasteiger partial charge < -0.3 is 4.57 Å². The lowest BCUT2D eigenvalue weighted by Crippen LogP contribution is -2.24. The minimum atomic E-state index is -4.45. The van der Waals surface area contributed by atoms with Crippen LogP contribution in [0.15, 0.2) is 59.7 Å². The first-order chi connectivity index (χ1) is 14.3. The molecule has 0 bridgehead atoms. The van der Waals surface area contributed by atoms with Gasteiger partial charge in [0.2, 0.25) is 0 Å². The highest BCUT2D eigenvalue weighted by molar-refractivity contribution is 6.30. The Balaban J connectivity index is 1.92. The summed E-state index contributed by atoms with van der Waals surface area (Å²) in [6, 6.07) is 11.6. The predicted octanol–water partition coefficient (Wildman–Crippen LogP) is 4.87. The third-order valence-electron chi connectivity index (χ3n) is 4.75. The molecule has 0 atom stereocenters. The van der Waals surface area contributed by atoms with E-state index in [1.165, 1.54) is 17.0 Å². The average molecular weight is 433 g/mol. The van der Waals surface area contributed by atoms with E-state index < -0.39 is 17.3 Å². The van der Waals surface area contributed by atoms with Gasteiger partial charge >= 0.3 is 6.18 Å². The first kappa shape index (κ1) is 20.2. The molecule has 0 saturated carbocycles. The Kier molecular flexibility index (Phi) is 5.11. The van der Waals surface area contributed by atoms with Gasteiger partial charge in [-0.05, 0) is 42.8 Å². The molecule has 0 aliphatic heterocycles. The summed E-state index contributed by atoms with van der Waals surface area (Å²) < 4.78 is 42.5. The average Bonchev–Trinajstić information content (AvgIpc) is 3.12. The minimum Gasteiger partial charge on any atom is -0.315 e. The van der Waals surface area contributed by atoms with Gasteiger partial charge in [0.05, 0.1) is 17.6 Å². The van der Waals surface area contributed by atoms with Gasteiger partial charge in [-0.3, -0.25) is 9.36 Å². The fourth-order valence-corrected chi connectivity index (χ4v) is 3.41. The zero-order chi connectivity index (χ0) is 21.5. The molecule has 2 aromatic carbocycles. The molecule has 5 nitrogen and oxygen atoms in total. The van der Waals surface area contributed by atoms with Crippen molar-refractivity contribution in [2.45, 2.75) is 26.1 Å². The van der Waals surface area contributed by atoms with Crippen molar-refractivity contribution in [1.29, 1.82) is 0 Å². The summed E-state index contributed by atoms with van der Waals surface area (Å²) in [5.74, 6) is 0.310. The van der Waals surface area contributed by atoms with Gasteiger partial charge in [-0.2, -0.15) is 13.2 Å². The van der Waals surface area contributed by atoms with Crippen molar-refractivity contribution in [3.05, 3.63) is 87.2 Å². The van der Waals surface area contributed by atoms with E-state index in [1.54, 1.807) is 34.9 Å². The zero-order valence-electron chi connectivity index (χ0n) is 15.8. The minimum absolute atomic E-state index is 0.0343. The zero-order valence-corrected chi connectivity index (χ0v) is 16.6. The monoisotopic (exact) mass is 432 g/mol. The molecule has 4 rings (SSSR count). The standard InChI is InChI=1S/C21H16ClF3N4O/c1-2-28-12-26-18-19(28)27-17(11-13-4-3-5-14(10-13)21(23,24)25)29(20(18)30)16-8-6-15(22)7-9-16/h3-10,12H,2,11H2,1H3. The SMILES string of the molecule is CCn1cnc2c(=O)n(-c3ccc(Cl)cc3)c(Cc3cccc(C(F)(F)F)c3)nc21. The van der Waals surface area contributed by atoms with E-state index in [4.69, 9.17) is 11.6 Å². The number of halogens is 4. The van der Waals surface area contributed by atoms with Crippen LogP contribution in [0, 0.1) is 0 Å². The maximum absolute atomic E-state index is 13.2. The van der Waals surface area contributed by atoms with Crippen LogP contribution in [0.25, 0.3) is 16.9 Å². The normalized spacial score (nSPS) is 11.9. The molecule has 2 aromatic heterocycles. The van der Waals surface area contributed by atoms with Crippen LogP contribution >= 0.6 is 11.6 Å². The second-order valence-electron chi connectivity index (χ2n) is 6.72. The van der Waals surface area contributed by atoms with E-state index in [2.05, 4.69) is 9.97 Å². The molecular weight excluding hydrogens is 417 g/mol. The third-order valence-corrected chi connectivity index (χ3v) is 5.00. The topological polar surface area (TPSA) is 52.7 Å². The van der Waals surface area contributed by atoms with E-state index in [9.17, 15) is 18.0 Å². The number of alkyl halides is 3. The molecular formula is C21H16ClF3N4O. The number of fused-ring (bicyclic) bond motifs is 1. The van der Waals surface area contributed by atoms with Crippen LogP contribution < -0.4 is 5.56 Å². The number of aromatic nitrogens is 4. The number of hydrogen-bond acceptors (Lipinski definition) is 3. The molecule has 0 fully saturated rings. The summed E-state index contributed by atoms with van der Waals surface area (Å²) in [6.07, 6.45) is -2.89. The quantitative estimate of drug-likeness (QED) is 0.462. The first-order valence-electron chi connectivity index (χ1n) is 9.16. The summed E-state index contributed by atoms with van der Waals surface area (Å²) in [4.78, 5) is 22.0. The van der Waals surface area contributed by atoms with Gasteiger partial charge in [-0.25, -0.2) is 9.97 Å². The molecule has 9 heteroatoms. The molecule has 0 N–H and O–H groups in total. The second-order valence-corrected chi connectivity index (χ2v) is 7.16. The van der Waals surface area contributed by atoms with E-state index in [-0.39, 0.29) is 11.9 Å². The Morgan fingerprint density at radius 2 is 1.83 bits per heavy atom. The van der Waals surface area contributed by atoms with Crippen LogP contribution in [0.3, 0.4) is 0 Å². The Hall–Kier alpha value is -3.13. The van der Waals surface area contributed by atoms with Crippen LogP contribution in [-0.4, -0.2) is 19.1 Å². The van der Waals surface area contributed by atoms with Crippen molar-refractivity contribution in [1.82, 2.24) is 19.1 Å². The molecule has 0 unspecified atom stereocenters. The lowest BCUT2D eigenvalue weighted by atomic mass is 10.1. The van der Waals surface area contributed by atoms with Crippen LogP contribution in [0.1, 0.15) is 23.9 Å². The molecule has 154 valence electrons. The number of hydrogen-bond donors (Lipinski definition) is 0. The van der Waals surface area contributed by atoms with E-state index in [0.29, 0.717) is 34.3 Å². The van der Waals surface area contributed by atoms with Crippen molar-refractivity contribution >= 4 is 22.8 Å². The fourth-order valence-electron chi connectivity index (χ4n) is 3.29. The Labute approximate surface area is 174 Å². The van der Waals surface area contributed by atoms with Gasteiger partial charge in [-0.15, -0.1) is 0 Å². The van der Waals surface area contributed by atoms with Gasteiger partial charge in [0, 0.05) is 18.0 Å². The highest BCUT2D eigenvalue weighted by Crippen LogP contribution is 2.30. The molecule has 0 radical (unpaired) electrons. The van der Waals surface area contributed by atoms with Crippen molar-refractivity contribution in [3.63, 3.8) is 0 Å². The summed E-state index contributed by atoms with van der Waals surface area (Å²) in [5, 5.41) is 0.496. The van der Waals surface area contributed by atoms with Gasteiger partial charge in [0.15, 0.2) is 11.2 Å². The summed E-state index contributed by atoms with van der Waals surface area (Å²) in [6.45, 7) is 2.44. The number of imidazole rings is 1. The highest BCUT2D eigenvalue weighted by atomic mass is 35.5. The number of aryl methyl sites for hydroxylation is 1. The van der Waals surface area contributed by atoms with E-state index >= 15 is 0 Å². The summed E-state index contributed by atoms with van der Waals surface area (Å²) >= 11 is 5.96. The van der Waals surface area contributed by atoms with Crippen LogP contribution in [0.4, 0.5) is 13.2 Å². The summed E-state index contributed by atoms with van der Waals surface area (Å²) in [7, 11) is 0. The van der Waals surface area contributed by atoms with Crippen LogP contribution in [0.5, 0.6) is 0 Å². The maximum Gasteiger partial charge on any atom is 0.416 e. The number of rotatable bonds is 4. The molecule has 0 aliphatic rings. The predicted molar refractivity (Wildman–Crippen MR) is 108 cm³/mol. The Morgan fingerprint density at radius 3 is 2.50 bits per heavy atom. The fraction of sp³-hybridized carbons (Fsp3) is 0.190. The van der Waals surface area contributed by atoms with Gasteiger partial charge in [-0.1, -0.05) is 29.8 Å². The van der Waals surface area contributed by atoms with Crippen molar-refractivity contribution in [3.8, 4) is 5.69 Å². The first-order valence-corrected chi connectivity index (χ1v) is 9.54. The summed E-state index contributed by atoms with van der Waals surface area (Å²) in [5.41, 5.74) is 0.346. The number of benzene rings is 2. The third kappa shape index (κ3) is 3.70. The van der Waals surface area contributed by atoms with Crippen LogP contribution in [0.2, 0.25) is 5.02 Å². The Bertz CT molecular complexity index is 1280. The maximum atomic E-state index is 13.2. The van der Waals surface area contributed by atoms with E-state index in [0.717, 1.165) is 12.1 Å². The van der Waals surface area contributed by atoms with Crippen molar-refractivity contribution in [2.24, 2.45) is 0 Å². The van der Waals surface area contributed by atoms with Gasteiger partial charge in [0.1, 0.15) is 5.82 Å². The number of nitrogens with zero attached hydrogens (tertiary/aromatic N) is 4. The lowest BCUT2D eigenvalue weighted by molar-refractivity contribution is -0.137. The second kappa shape index (κ2) is 7.60. The molecule has 0 aliphatic carbocycles. The van der Waals surface area contributed by atoms with Crippen molar-refractivity contribution < 1.29 is 13.2 Å².